The molecule has 1 heterocycles. The Kier molecular flexibility index (Phi) is 4.10. The summed E-state index contributed by atoms with van der Waals surface area (Å²) in [6.45, 7) is 3.84. The molecule has 0 aliphatic heterocycles. The van der Waals surface area contributed by atoms with Crippen LogP contribution in [0.15, 0.2) is 34.9 Å². The topological polar surface area (TPSA) is 118 Å². The summed E-state index contributed by atoms with van der Waals surface area (Å²) in [6.07, 6.45) is -0.0843. The normalized spacial score (nSPS) is 10.8. The van der Waals surface area contributed by atoms with Crippen LogP contribution in [0.25, 0.3) is 11.0 Å². The molecule has 0 saturated carbocycles. The van der Waals surface area contributed by atoms with Gasteiger partial charge in [-0.2, -0.15) is 0 Å². The van der Waals surface area contributed by atoms with Gasteiger partial charge in [0, 0.05) is 17.5 Å². The van der Waals surface area contributed by atoms with E-state index in [1.165, 1.54) is 0 Å². The molecule has 1 amide bonds. The second-order valence-corrected chi connectivity index (χ2v) is 5.77. The van der Waals surface area contributed by atoms with E-state index in [1.807, 2.05) is 26.0 Å². The van der Waals surface area contributed by atoms with E-state index in [0.717, 1.165) is 34.7 Å². The number of aromatic hydroxyl groups is 1. The van der Waals surface area contributed by atoms with Crippen molar-refractivity contribution in [2.24, 2.45) is 0 Å². The number of aryl methyl sites for hydroxylation is 2. The highest BCUT2D eigenvalue weighted by Gasteiger charge is 2.17. The molecule has 2 N–H and O–H groups in total. The van der Waals surface area contributed by atoms with Crippen LogP contribution in [-0.4, -0.2) is 21.1 Å². The molecule has 8 nitrogen and oxygen atoms in total. The first-order valence-corrected chi connectivity index (χ1v) is 7.48. The van der Waals surface area contributed by atoms with Gasteiger partial charge in [-0.25, -0.2) is 0 Å². The molecule has 0 aliphatic rings. The van der Waals surface area contributed by atoms with Gasteiger partial charge in [0.15, 0.2) is 5.58 Å². The SMILES string of the molecule is Cc1cc(C)c2c(CC(=O)Nc3cc([N+](=O)[O-])ccc3O)noc2c1. The van der Waals surface area contributed by atoms with Crippen molar-refractivity contribution >= 4 is 28.3 Å². The highest BCUT2D eigenvalue weighted by Crippen LogP contribution is 2.29. The van der Waals surface area contributed by atoms with Gasteiger partial charge in [-0.05, 0) is 37.1 Å². The number of nitro benzene ring substituents is 1. The van der Waals surface area contributed by atoms with E-state index in [4.69, 9.17) is 4.52 Å². The van der Waals surface area contributed by atoms with E-state index in [9.17, 15) is 20.0 Å². The second-order valence-electron chi connectivity index (χ2n) is 5.77. The lowest BCUT2D eigenvalue weighted by Gasteiger charge is -2.06. The number of carbonyl (C=O) groups is 1. The first-order chi connectivity index (χ1) is 11.8. The minimum absolute atomic E-state index is 0.0282. The Hall–Kier alpha value is -3.42. The van der Waals surface area contributed by atoms with Gasteiger partial charge < -0.3 is 14.9 Å². The number of non-ortho nitro benzene ring substituents is 1. The summed E-state index contributed by atoms with van der Waals surface area (Å²) in [4.78, 5) is 22.5. The Labute approximate surface area is 142 Å². The molecule has 0 radical (unpaired) electrons. The minimum Gasteiger partial charge on any atom is -0.506 e. The zero-order valence-electron chi connectivity index (χ0n) is 13.6. The molecule has 0 fully saturated rings. The smallest absolute Gasteiger partial charge is 0.271 e. The zero-order chi connectivity index (χ0) is 18.1. The van der Waals surface area contributed by atoms with Crippen LogP contribution in [0.5, 0.6) is 5.75 Å². The number of aromatic nitrogens is 1. The van der Waals surface area contributed by atoms with Crippen LogP contribution in [0.1, 0.15) is 16.8 Å². The fraction of sp³-hybridized carbons (Fsp3) is 0.176. The Morgan fingerprint density at radius 3 is 2.80 bits per heavy atom. The third-order valence-corrected chi connectivity index (χ3v) is 3.78. The number of carbonyl (C=O) groups excluding carboxylic acids is 1. The second kappa shape index (κ2) is 6.23. The average Bonchev–Trinajstić information content (AvgIpc) is 2.92. The molecule has 25 heavy (non-hydrogen) atoms. The number of phenols is 1. The summed E-state index contributed by atoms with van der Waals surface area (Å²) < 4.78 is 5.27. The van der Waals surface area contributed by atoms with Crippen molar-refractivity contribution in [3.8, 4) is 5.75 Å². The quantitative estimate of drug-likeness (QED) is 0.427. The molecule has 1 aromatic heterocycles. The van der Waals surface area contributed by atoms with Crippen LogP contribution in [-0.2, 0) is 11.2 Å². The van der Waals surface area contributed by atoms with E-state index in [1.54, 1.807) is 0 Å². The van der Waals surface area contributed by atoms with Crippen LogP contribution in [0.4, 0.5) is 11.4 Å². The summed E-state index contributed by atoms with van der Waals surface area (Å²) in [5, 5.41) is 27.7. The summed E-state index contributed by atoms with van der Waals surface area (Å²) in [5.41, 5.74) is 2.77. The molecule has 0 bridgehead atoms. The van der Waals surface area contributed by atoms with Crippen LogP contribution in [0.2, 0.25) is 0 Å². The fourth-order valence-electron chi connectivity index (χ4n) is 2.73. The van der Waals surface area contributed by atoms with Crippen molar-refractivity contribution in [2.75, 3.05) is 5.32 Å². The van der Waals surface area contributed by atoms with Gasteiger partial charge >= 0.3 is 0 Å². The maximum absolute atomic E-state index is 12.3. The number of hydrogen-bond donors (Lipinski definition) is 2. The van der Waals surface area contributed by atoms with Crippen LogP contribution >= 0.6 is 0 Å². The van der Waals surface area contributed by atoms with Crippen LogP contribution < -0.4 is 5.32 Å². The van der Waals surface area contributed by atoms with Crippen molar-refractivity contribution in [3.63, 3.8) is 0 Å². The van der Waals surface area contributed by atoms with Gasteiger partial charge in [-0.15, -0.1) is 0 Å². The largest absolute Gasteiger partial charge is 0.506 e. The number of rotatable bonds is 4. The molecule has 0 unspecified atom stereocenters. The molecule has 3 rings (SSSR count). The molecule has 0 saturated heterocycles. The summed E-state index contributed by atoms with van der Waals surface area (Å²) in [6, 6.07) is 7.22. The number of amides is 1. The number of benzene rings is 2. The molecule has 0 aliphatic carbocycles. The van der Waals surface area contributed by atoms with Gasteiger partial charge in [0.1, 0.15) is 11.4 Å². The predicted molar refractivity (Wildman–Crippen MR) is 90.6 cm³/mol. The van der Waals surface area contributed by atoms with Gasteiger partial charge in [-0.1, -0.05) is 11.2 Å². The van der Waals surface area contributed by atoms with Crippen LogP contribution in [0.3, 0.4) is 0 Å². The lowest BCUT2D eigenvalue weighted by molar-refractivity contribution is -0.384. The highest BCUT2D eigenvalue weighted by molar-refractivity contribution is 5.96. The third kappa shape index (κ3) is 3.27. The number of nitrogens with one attached hydrogen (secondary N) is 1. The van der Waals surface area contributed by atoms with Gasteiger partial charge in [0.2, 0.25) is 5.91 Å². The predicted octanol–water partition coefficient (Wildman–Crippen LogP) is 3.24. The molecule has 128 valence electrons. The summed E-state index contributed by atoms with van der Waals surface area (Å²) >= 11 is 0. The van der Waals surface area contributed by atoms with E-state index in [2.05, 4.69) is 10.5 Å². The fourth-order valence-corrected chi connectivity index (χ4v) is 2.73. The molecular weight excluding hydrogens is 326 g/mol. The van der Waals surface area contributed by atoms with Crippen molar-refractivity contribution in [2.45, 2.75) is 20.3 Å². The average molecular weight is 341 g/mol. The number of fused-ring (bicyclic) bond motifs is 1. The minimum atomic E-state index is -0.605. The van der Waals surface area contributed by atoms with E-state index in [-0.39, 0.29) is 23.5 Å². The van der Waals surface area contributed by atoms with Crippen LogP contribution in [0, 0.1) is 24.0 Å². The zero-order valence-corrected chi connectivity index (χ0v) is 13.6. The molecule has 0 spiro atoms. The number of nitrogens with zero attached hydrogens (tertiary/aromatic N) is 2. The molecule has 3 aromatic rings. The maximum Gasteiger partial charge on any atom is 0.271 e. The van der Waals surface area contributed by atoms with Gasteiger partial charge in [-0.3, -0.25) is 14.9 Å². The standard InChI is InChI=1S/C17H15N3O5/c1-9-5-10(2)17-13(19-25-15(17)6-9)8-16(22)18-12-7-11(20(23)24)3-4-14(12)21/h3-7,21H,8H2,1-2H3,(H,18,22). The lowest BCUT2D eigenvalue weighted by Crippen LogP contribution is -2.15. The Morgan fingerprint density at radius 1 is 1.32 bits per heavy atom. The van der Waals surface area contributed by atoms with Crippen molar-refractivity contribution in [1.29, 1.82) is 0 Å². The van der Waals surface area contributed by atoms with E-state index < -0.39 is 10.8 Å². The maximum atomic E-state index is 12.3. The Balaban J connectivity index is 1.84. The molecule has 8 heteroatoms. The number of anilines is 1. The number of nitro groups is 1. The summed E-state index contributed by atoms with van der Waals surface area (Å²) in [5.74, 6) is -0.721. The Morgan fingerprint density at radius 2 is 2.08 bits per heavy atom. The number of phenolic OH excluding ortho intramolecular Hbond substituents is 1. The van der Waals surface area contributed by atoms with Gasteiger partial charge in [0.05, 0.1) is 17.0 Å². The lowest BCUT2D eigenvalue weighted by atomic mass is 10.0. The summed E-state index contributed by atoms with van der Waals surface area (Å²) in [7, 11) is 0. The van der Waals surface area contributed by atoms with Crippen molar-refractivity contribution < 1.29 is 19.3 Å². The van der Waals surface area contributed by atoms with Crippen molar-refractivity contribution in [1.82, 2.24) is 5.16 Å². The molecular formula is C17H15N3O5. The monoisotopic (exact) mass is 341 g/mol. The third-order valence-electron chi connectivity index (χ3n) is 3.78. The number of hydrogen-bond acceptors (Lipinski definition) is 6. The molecule has 0 atom stereocenters. The Bertz CT molecular complexity index is 993. The first-order valence-electron chi connectivity index (χ1n) is 7.48. The van der Waals surface area contributed by atoms with Crippen molar-refractivity contribution in [3.05, 3.63) is 57.3 Å². The first kappa shape index (κ1) is 16.4. The van der Waals surface area contributed by atoms with E-state index in [0.29, 0.717) is 11.3 Å². The highest BCUT2D eigenvalue weighted by atomic mass is 16.6. The molecule has 2 aromatic carbocycles. The van der Waals surface area contributed by atoms with Gasteiger partial charge in [0.25, 0.3) is 5.69 Å². The van der Waals surface area contributed by atoms with E-state index >= 15 is 0 Å².